The van der Waals surface area contributed by atoms with E-state index in [0.29, 0.717) is 0 Å². The number of amides is 2. The molecular weight excluding hydrogens is 262 g/mol. The van der Waals surface area contributed by atoms with Gasteiger partial charge in [0.25, 0.3) is 0 Å². The van der Waals surface area contributed by atoms with E-state index in [4.69, 9.17) is 5.11 Å². The number of carbonyl (C=O) groups excluding carboxylic acids is 1. The van der Waals surface area contributed by atoms with Crippen LogP contribution in [0.25, 0.3) is 0 Å². The number of rotatable bonds is 5. The molecule has 0 spiro atoms. The average molecular weight is 287 g/mol. The summed E-state index contributed by atoms with van der Waals surface area (Å²) in [5, 5.41) is 21.1. The van der Waals surface area contributed by atoms with Gasteiger partial charge in [-0.15, -0.1) is 0 Å². The first-order valence-corrected chi connectivity index (χ1v) is 6.84. The number of carbonyl (C=O) groups is 2. The summed E-state index contributed by atoms with van der Waals surface area (Å²) in [4.78, 5) is 26.4. The molecule has 0 aliphatic carbocycles. The first-order chi connectivity index (χ1) is 9.21. The Morgan fingerprint density at radius 2 is 2.15 bits per heavy atom. The molecule has 1 fully saturated rings. The second kappa shape index (κ2) is 6.90. The fourth-order valence-electron chi connectivity index (χ4n) is 2.40. The van der Waals surface area contributed by atoms with Crippen molar-refractivity contribution < 1.29 is 19.8 Å². The van der Waals surface area contributed by atoms with E-state index in [1.54, 1.807) is 11.9 Å². The van der Waals surface area contributed by atoms with Gasteiger partial charge >= 0.3 is 12.0 Å². The number of aliphatic hydroxyl groups is 1. The van der Waals surface area contributed by atoms with E-state index in [0.717, 1.165) is 25.9 Å². The number of likely N-dealkylation sites (N-methyl/N-ethyl adjacent to an activating group) is 2. The Bertz CT molecular complexity index is 360. The lowest BCUT2D eigenvalue weighted by molar-refractivity contribution is -0.141. The Hall–Kier alpha value is -1.34. The van der Waals surface area contributed by atoms with E-state index in [1.165, 1.54) is 6.92 Å². The number of piperidine rings is 1. The maximum Gasteiger partial charge on any atom is 0.317 e. The molecule has 1 saturated heterocycles. The van der Waals surface area contributed by atoms with Crippen LogP contribution in [0.3, 0.4) is 0 Å². The molecule has 2 atom stereocenters. The van der Waals surface area contributed by atoms with Crippen molar-refractivity contribution in [2.75, 3.05) is 33.7 Å². The highest BCUT2D eigenvalue weighted by Gasteiger charge is 2.28. The summed E-state index contributed by atoms with van der Waals surface area (Å²) in [6, 6.07) is -0.130. The Balaban J connectivity index is 2.43. The van der Waals surface area contributed by atoms with Gasteiger partial charge in [-0.05, 0) is 33.4 Å². The highest BCUT2D eigenvalue weighted by Crippen LogP contribution is 2.14. The molecule has 20 heavy (non-hydrogen) atoms. The number of likely N-dealkylation sites (tertiary alicyclic amines) is 1. The molecule has 3 N–H and O–H groups in total. The molecule has 1 rings (SSSR count). The summed E-state index contributed by atoms with van der Waals surface area (Å²) >= 11 is 0. The second-order valence-electron chi connectivity index (χ2n) is 5.90. The number of nitrogens with zero attached hydrogens (tertiary/aromatic N) is 2. The van der Waals surface area contributed by atoms with Crippen LogP contribution < -0.4 is 5.32 Å². The maximum atomic E-state index is 12.0. The number of hydrogen-bond acceptors (Lipinski definition) is 4. The molecular formula is C13H25N3O4. The molecule has 1 aliphatic heterocycles. The van der Waals surface area contributed by atoms with Crippen molar-refractivity contribution in [2.45, 2.75) is 37.8 Å². The summed E-state index contributed by atoms with van der Waals surface area (Å²) in [6.45, 7) is 3.19. The van der Waals surface area contributed by atoms with Gasteiger partial charge in [0, 0.05) is 26.2 Å². The third kappa shape index (κ3) is 5.34. The topological polar surface area (TPSA) is 93.1 Å². The number of hydrogen-bond donors (Lipinski definition) is 3. The molecule has 0 bridgehead atoms. The van der Waals surface area contributed by atoms with Gasteiger partial charge in [0.2, 0.25) is 0 Å². The molecule has 116 valence electrons. The van der Waals surface area contributed by atoms with Crippen LogP contribution in [0.15, 0.2) is 0 Å². The van der Waals surface area contributed by atoms with E-state index in [1.807, 2.05) is 7.05 Å². The Labute approximate surface area is 119 Å². The predicted molar refractivity (Wildman–Crippen MR) is 74.6 cm³/mol. The first kappa shape index (κ1) is 16.7. The van der Waals surface area contributed by atoms with Gasteiger partial charge < -0.3 is 25.3 Å². The third-order valence-corrected chi connectivity index (χ3v) is 3.62. The predicted octanol–water partition coefficient (Wildman–Crippen LogP) is -0.0523. The molecule has 0 aromatic carbocycles. The zero-order valence-corrected chi connectivity index (χ0v) is 12.4. The summed E-state index contributed by atoms with van der Waals surface area (Å²) in [6.07, 6.45) is 1.61. The molecule has 7 heteroatoms. The molecule has 0 saturated carbocycles. The first-order valence-electron chi connectivity index (χ1n) is 6.84. The van der Waals surface area contributed by atoms with Crippen molar-refractivity contribution >= 4 is 12.0 Å². The molecule has 0 radical (unpaired) electrons. The number of aliphatic carboxylic acids is 1. The van der Waals surface area contributed by atoms with Crippen molar-refractivity contribution in [3.05, 3.63) is 0 Å². The molecule has 0 aromatic rings. The normalized spacial score (nSPS) is 22.9. The van der Waals surface area contributed by atoms with Gasteiger partial charge in [-0.2, -0.15) is 0 Å². The lowest BCUT2D eigenvalue weighted by Crippen LogP contribution is -2.52. The zero-order valence-electron chi connectivity index (χ0n) is 12.4. The van der Waals surface area contributed by atoms with E-state index < -0.39 is 18.0 Å². The van der Waals surface area contributed by atoms with E-state index in [2.05, 4.69) is 10.2 Å². The zero-order chi connectivity index (χ0) is 15.3. The van der Waals surface area contributed by atoms with Crippen molar-refractivity contribution in [2.24, 2.45) is 0 Å². The minimum absolute atomic E-state index is 0.0783. The van der Waals surface area contributed by atoms with E-state index in [9.17, 15) is 14.7 Å². The fraction of sp³-hybridized carbons (Fsp3) is 0.846. The van der Waals surface area contributed by atoms with Gasteiger partial charge in [-0.25, -0.2) is 4.79 Å². The van der Waals surface area contributed by atoms with Gasteiger partial charge in [0.05, 0.1) is 12.0 Å². The van der Waals surface area contributed by atoms with E-state index in [-0.39, 0.29) is 18.6 Å². The fourth-order valence-corrected chi connectivity index (χ4v) is 2.40. The smallest absolute Gasteiger partial charge is 0.317 e. The largest absolute Gasteiger partial charge is 0.481 e. The molecule has 7 nitrogen and oxygen atoms in total. The summed E-state index contributed by atoms with van der Waals surface area (Å²) in [5.41, 5.74) is -1.44. The SMILES string of the molecule is CN1CCCC(N(C)C(=O)NCC(C)(O)CC(=O)O)C1. The highest BCUT2D eigenvalue weighted by atomic mass is 16.4. The molecule has 2 unspecified atom stereocenters. The van der Waals surface area contributed by atoms with Crippen molar-refractivity contribution in [3.63, 3.8) is 0 Å². The lowest BCUT2D eigenvalue weighted by atomic mass is 10.0. The van der Waals surface area contributed by atoms with Crippen molar-refractivity contribution in [3.8, 4) is 0 Å². The van der Waals surface area contributed by atoms with Gasteiger partial charge in [-0.1, -0.05) is 0 Å². The second-order valence-corrected chi connectivity index (χ2v) is 5.90. The lowest BCUT2D eigenvalue weighted by Gasteiger charge is -2.36. The van der Waals surface area contributed by atoms with Crippen LogP contribution in [0.4, 0.5) is 4.79 Å². The average Bonchev–Trinajstić information content (AvgIpc) is 2.33. The van der Waals surface area contributed by atoms with Crippen molar-refractivity contribution in [1.82, 2.24) is 15.1 Å². The summed E-state index contributed by atoms with van der Waals surface area (Å²) < 4.78 is 0. The standard InChI is InChI=1S/C13H25N3O4/c1-13(20,7-11(17)18)9-14-12(19)16(3)10-5-4-6-15(2)8-10/h10,20H,4-9H2,1-3H3,(H,14,19)(H,17,18). The monoisotopic (exact) mass is 287 g/mol. The van der Waals surface area contributed by atoms with Crippen molar-refractivity contribution in [1.29, 1.82) is 0 Å². The Morgan fingerprint density at radius 3 is 2.70 bits per heavy atom. The van der Waals surface area contributed by atoms with Gasteiger partial charge in [0.15, 0.2) is 0 Å². The molecule has 2 amide bonds. The third-order valence-electron chi connectivity index (χ3n) is 3.62. The quantitative estimate of drug-likeness (QED) is 0.659. The van der Waals surface area contributed by atoms with Crippen LogP contribution in [-0.4, -0.2) is 77.4 Å². The minimum atomic E-state index is -1.44. The van der Waals surface area contributed by atoms with Crippen LogP contribution in [0.2, 0.25) is 0 Å². The Morgan fingerprint density at radius 1 is 1.50 bits per heavy atom. The number of carboxylic acid groups (broad SMARTS) is 1. The summed E-state index contributed by atoms with van der Waals surface area (Å²) in [7, 11) is 3.75. The summed E-state index contributed by atoms with van der Waals surface area (Å²) in [5.74, 6) is -1.09. The van der Waals surface area contributed by atoms with Gasteiger partial charge in [-0.3, -0.25) is 4.79 Å². The van der Waals surface area contributed by atoms with Crippen LogP contribution in [0, 0.1) is 0 Å². The number of carboxylic acids is 1. The molecule has 1 aliphatic rings. The number of urea groups is 1. The van der Waals surface area contributed by atoms with Crippen LogP contribution in [0.5, 0.6) is 0 Å². The van der Waals surface area contributed by atoms with Crippen LogP contribution >= 0.6 is 0 Å². The van der Waals surface area contributed by atoms with Crippen LogP contribution in [0.1, 0.15) is 26.2 Å². The highest BCUT2D eigenvalue weighted by molar-refractivity contribution is 5.74. The van der Waals surface area contributed by atoms with E-state index >= 15 is 0 Å². The minimum Gasteiger partial charge on any atom is -0.481 e. The maximum absolute atomic E-state index is 12.0. The van der Waals surface area contributed by atoms with Gasteiger partial charge in [0.1, 0.15) is 0 Å². The Kier molecular flexibility index (Phi) is 5.76. The molecule has 1 heterocycles. The van der Waals surface area contributed by atoms with Crippen LogP contribution in [-0.2, 0) is 4.79 Å². The molecule has 0 aromatic heterocycles. The number of nitrogens with one attached hydrogen (secondary N) is 1.